The summed E-state index contributed by atoms with van der Waals surface area (Å²) in [5.74, 6) is 0.241. The van der Waals surface area contributed by atoms with Gasteiger partial charge in [0.1, 0.15) is 0 Å². The molecule has 0 spiro atoms. The molecule has 3 rings (SSSR count). The number of benzene rings is 2. The summed E-state index contributed by atoms with van der Waals surface area (Å²) in [6, 6.07) is 12.9. The van der Waals surface area contributed by atoms with E-state index in [0.29, 0.717) is 27.4 Å². The Hall–Kier alpha value is -2.10. The third-order valence-corrected chi connectivity index (χ3v) is 4.26. The van der Waals surface area contributed by atoms with Gasteiger partial charge >= 0.3 is 5.97 Å². The lowest BCUT2D eigenvalue weighted by Gasteiger charge is -2.05. The average molecular weight is 360 g/mol. The maximum atomic E-state index is 12.0. The Morgan fingerprint density at radius 2 is 1.79 bits per heavy atom. The van der Waals surface area contributed by atoms with E-state index in [0.717, 1.165) is 5.56 Å². The largest absolute Gasteiger partial charge is 0.402 e. The van der Waals surface area contributed by atoms with Crippen molar-refractivity contribution in [3.05, 3.63) is 74.9 Å². The molecule has 5 heteroatoms. The number of hydrogen-bond acceptors (Lipinski definition) is 3. The molecule has 1 aliphatic heterocycles. The van der Waals surface area contributed by atoms with Crippen LogP contribution in [0.1, 0.15) is 36.5 Å². The minimum atomic E-state index is -0.496. The molecule has 0 radical (unpaired) electrons. The fraction of sp³-hybridized carbons (Fsp3) is 0.158. The van der Waals surface area contributed by atoms with Crippen LogP contribution in [0.3, 0.4) is 0 Å². The normalized spacial score (nSPS) is 15.8. The monoisotopic (exact) mass is 359 g/mol. The first-order chi connectivity index (χ1) is 11.4. The molecule has 1 aliphatic rings. The zero-order valence-electron chi connectivity index (χ0n) is 13.2. The van der Waals surface area contributed by atoms with E-state index in [1.54, 1.807) is 24.3 Å². The number of ether oxygens (including phenoxy) is 1. The summed E-state index contributed by atoms with van der Waals surface area (Å²) >= 11 is 12.0. The maximum absolute atomic E-state index is 12.0. The van der Waals surface area contributed by atoms with Crippen LogP contribution in [-0.2, 0) is 9.53 Å². The average Bonchev–Trinajstić information content (AvgIpc) is 2.91. The van der Waals surface area contributed by atoms with Crippen LogP contribution < -0.4 is 0 Å². The summed E-state index contributed by atoms with van der Waals surface area (Å²) in [4.78, 5) is 16.3. The second-order valence-corrected chi connectivity index (χ2v) is 6.62. The maximum Gasteiger partial charge on any atom is 0.363 e. The summed E-state index contributed by atoms with van der Waals surface area (Å²) in [5, 5.41) is 0.985. The number of esters is 1. The van der Waals surface area contributed by atoms with Crippen molar-refractivity contribution in [3.63, 3.8) is 0 Å². The van der Waals surface area contributed by atoms with Crippen molar-refractivity contribution in [2.45, 2.75) is 19.8 Å². The Morgan fingerprint density at radius 3 is 2.42 bits per heavy atom. The molecular formula is C19H15Cl2NO2. The highest BCUT2D eigenvalue weighted by Crippen LogP contribution is 2.26. The fourth-order valence-electron chi connectivity index (χ4n) is 2.31. The van der Waals surface area contributed by atoms with E-state index in [9.17, 15) is 4.79 Å². The first kappa shape index (κ1) is 16.7. The molecule has 0 aliphatic carbocycles. The Morgan fingerprint density at radius 1 is 1.08 bits per heavy atom. The smallest absolute Gasteiger partial charge is 0.363 e. The summed E-state index contributed by atoms with van der Waals surface area (Å²) in [6.07, 6.45) is 1.59. The van der Waals surface area contributed by atoms with Gasteiger partial charge < -0.3 is 4.74 Å². The molecule has 0 unspecified atom stereocenters. The van der Waals surface area contributed by atoms with Gasteiger partial charge in [-0.15, -0.1) is 0 Å². The molecule has 0 fully saturated rings. The number of nitrogens with zero attached hydrogens (tertiary/aromatic N) is 1. The van der Waals surface area contributed by atoms with E-state index in [4.69, 9.17) is 27.9 Å². The second kappa shape index (κ2) is 6.80. The van der Waals surface area contributed by atoms with Crippen LogP contribution in [0.4, 0.5) is 0 Å². The first-order valence-electron chi connectivity index (χ1n) is 7.52. The summed E-state index contributed by atoms with van der Waals surface area (Å²) in [6.45, 7) is 4.25. The third kappa shape index (κ3) is 3.53. The van der Waals surface area contributed by atoms with E-state index in [1.165, 1.54) is 5.56 Å². The first-order valence-corrected chi connectivity index (χ1v) is 8.27. The Balaban J connectivity index is 1.91. The zero-order valence-corrected chi connectivity index (χ0v) is 14.7. The van der Waals surface area contributed by atoms with Crippen molar-refractivity contribution in [1.29, 1.82) is 0 Å². The molecule has 2 aromatic carbocycles. The lowest BCUT2D eigenvalue weighted by Crippen LogP contribution is -2.05. The Kier molecular flexibility index (Phi) is 4.74. The van der Waals surface area contributed by atoms with Crippen LogP contribution in [0.15, 0.2) is 53.2 Å². The van der Waals surface area contributed by atoms with Crippen molar-refractivity contribution in [2.24, 2.45) is 4.99 Å². The van der Waals surface area contributed by atoms with Crippen molar-refractivity contribution in [1.82, 2.24) is 0 Å². The van der Waals surface area contributed by atoms with Crippen molar-refractivity contribution < 1.29 is 9.53 Å². The SMILES string of the molecule is CC(C)c1ccc(C2=N/C(=C\c3ccc(Cl)cc3Cl)C(=O)O2)cc1. The molecule has 0 atom stereocenters. The predicted octanol–water partition coefficient (Wildman–Crippen LogP) is 5.46. The molecule has 2 aromatic rings. The number of rotatable bonds is 3. The zero-order chi connectivity index (χ0) is 17.3. The summed E-state index contributed by atoms with van der Waals surface area (Å²) in [5.41, 5.74) is 2.85. The number of carbonyl (C=O) groups excluding carboxylic acids is 1. The molecule has 0 bridgehead atoms. The molecule has 0 aromatic heterocycles. The van der Waals surface area contributed by atoms with E-state index in [2.05, 4.69) is 18.8 Å². The van der Waals surface area contributed by atoms with E-state index >= 15 is 0 Å². The Bertz CT molecular complexity index is 852. The van der Waals surface area contributed by atoms with E-state index in [1.807, 2.05) is 24.3 Å². The molecule has 0 amide bonds. The third-order valence-electron chi connectivity index (χ3n) is 3.70. The van der Waals surface area contributed by atoms with Gasteiger partial charge in [-0.3, -0.25) is 0 Å². The van der Waals surface area contributed by atoms with Gasteiger partial charge in [0.25, 0.3) is 0 Å². The van der Waals surface area contributed by atoms with Gasteiger partial charge in [0.15, 0.2) is 5.70 Å². The van der Waals surface area contributed by atoms with E-state index in [-0.39, 0.29) is 5.70 Å². The number of cyclic esters (lactones) is 1. The number of hydrogen-bond donors (Lipinski definition) is 0. The molecule has 0 saturated heterocycles. The van der Waals surface area contributed by atoms with Gasteiger partial charge in [-0.05, 0) is 47.4 Å². The van der Waals surface area contributed by atoms with Gasteiger partial charge in [-0.2, -0.15) is 0 Å². The highest BCUT2D eigenvalue weighted by atomic mass is 35.5. The van der Waals surface area contributed by atoms with Gasteiger partial charge in [0, 0.05) is 15.6 Å². The molecule has 0 saturated carbocycles. The number of carbonyl (C=O) groups is 1. The Labute approximate surface area is 150 Å². The molecule has 0 N–H and O–H groups in total. The molecule has 1 heterocycles. The van der Waals surface area contributed by atoms with Crippen molar-refractivity contribution in [3.8, 4) is 0 Å². The lowest BCUT2D eigenvalue weighted by molar-refractivity contribution is -0.129. The second-order valence-electron chi connectivity index (χ2n) is 5.78. The number of aliphatic imine (C=N–C) groups is 1. The van der Waals surface area contributed by atoms with Crippen LogP contribution in [0, 0.1) is 0 Å². The standard InChI is InChI=1S/C19H15Cl2NO2/c1-11(2)12-3-5-13(6-4-12)18-22-17(19(23)24-18)9-14-7-8-15(20)10-16(14)21/h3-11H,1-2H3/b17-9-. The quantitative estimate of drug-likeness (QED) is 0.538. The van der Waals surface area contributed by atoms with Crippen molar-refractivity contribution in [2.75, 3.05) is 0 Å². The lowest BCUT2D eigenvalue weighted by atomic mass is 10.0. The molecular weight excluding hydrogens is 345 g/mol. The minimum absolute atomic E-state index is 0.210. The topological polar surface area (TPSA) is 38.7 Å². The number of halogens is 2. The molecule has 24 heavy (non-hydrogen) atoms. The highest BCUT2D eigenvalue weighted by Gasteiger charge is 2.24. The molecule has 3 nitrogen and oxygen atoms in total. The predicted molar refractivity (Wildman–Crippen MR) is 97.6 cm³/mol. The fourth-order valence-corrected chi connectivity index (χ4v) is 2.77. The minimum Gasteiger partial charge on any atom is -0.402 e. The van der Waals surface area contributed by atoms with E-state index < -0.39 is 5.97 Å². The van der Waals surface area contributed by atoms with Crippen LogP contribution in [0.2, 0.25) is 10.0 Å². The highest BCUT2D eigenvalue weighted by molar-refractivity contribution is 6.35. The van der Waals surface area contributed by atoms with Gasteiger partial charge in [-0.25, -0.2) is 9.79 Å². The van der Waals surface area contributed by atoms with Crippen LogP contribution >= 0.6 is 23.2 Å². The summed E-state index contributed by atoms with van der Waals surface area (Å²) in [7, 11) is 0. The van der Waals surface area contributed by atoms with Crippen LogP contribution in [-0.4, -0.2) is 11.9 Å². The van der Waals surface area contributed by atoms with Gasteiger partial charge in [0.05, 0.1) is 0 Å². The molecule has 122 valence electrons. The van der Waals surface area contributed by atoms with Crippen LogP contribution in [0.5, 0.6) is 0 Å². The van der Waals surface area contributed by atoms with Crippen molar-refractivity contribution >= 4 is 41.1 Å². The summed E-state index contributed by atoms with van der Waals surface area (Å²) < 4.78 is 5.27. The van der Waals surface area contributed by atoms with Crippen LogP contribution in [0.25, 0.3) is 6.08 Å². The van der Waals surface area contributed by atoms with Gasteiger partial charge in [-0.1, -0.05) is 55.2 Å². The van der Waals surface area contributed by atoms with Gasteiger partial charge in [0.2, 0.25) is 5.90 Å².